The van der Waals surface area contributed by atoms with Crippen LogP contribution in [0.2, 0.25) is 0 Å². The molecule has 0 bridgehead atoms. The van der Waals surface area contributed by atoms with E-state index in [1.54, 1.807) is 0 Å². The second-order valence-electron chi connectivity index (χ2n) is 6.79. The van der Waals surface area contributed by atoms with Crippen molar-refractivity contribution in [3.8, 4) is 0 Å². The van der Waals surface area contributed by atoms with Crippen LogP contribution in [0.15, 0.2) is 41.8 Å². The molecule has 0 amide bonds. The fourth-order valence-corrected chi connectivity index (χ4v) is 4.56. The average Bonchev–Trinajstić information content (AvgIpc) is 3.22. The molecule has 130 valence electrons. The highest BCUT2D eigenvalue weighted by atomic mass is 32.1. The van der Waals surface area contributed by atoms with Crippen molar-refractivity contribution in [3.63, 3.8) is 0 Å². The highest BCUT2D eigenvalue weighted by Gasteiger charge is 2.30. The molecule has 3 heterocycles. The minimum Gasteiger partial charge on any atom is -0.282 e. The Bertz CT molecular complexity index is 907. The minimum absolute atomic E-state index is 0.267. The van der Waals surface area contributed by atoms with Gasteiger partial charge in [0.25, 0.3) is 0 Å². The SMILES string of the molecule is CC(C)c1nc(=S)n(CN2CCc3sccc3[C@@H]2c2ccccc2)[nH]1. The van der Waals surface area contributed by atoms with Crippen LogP contribution >= 0.6 is 23.6 Å². The second-order valence-corrected chi connectivity index (χ2v) is 8.16. The molecule has 0 unspecified atom stereocenters. The van der Waals surface area contributed by atoms with E-state index in [-0.39, 0.29) is 6.04 Å². The summed E-state index contributed by atoms with van der Waals surface area (Å²) in [5.74, 6) is 1.30. The number of fused-ring (bicyclic) bond motifs is 1. The van der Waals surface area contributed by atoms with E-state index in [2.05, 4.69) is 70.6 Å². The van der Waals surface area contributed by atoms with E-state index in [0.717, 1.165) is 25.5 Å². The minimum atomic E-state index is 0.267. The molecule has 1 aromatic carbocycles. The number of aromatic amines is 1. The van der Waals surface area contributed by atoms with Crippen LogP contribution in [0.1, 0.15) is 47.6 Å². The number of benzene rings is 1. The van der Waals surface area contributed by atoms with Gasteiger partial charge in [0.1, 0.15) is 5.82 Å². The van der Waals surface area contributed by atoms with Gasteiger partial charge in [0.2, 0.25) is 4.77 Å². The normalized spacial score (nSPS) is 17.8. The third-order valence-electron chi connectivity index (χ3n) is 4.75. The van der Waals surface area contributed by atoms with E-state index >= 15 is 0 Å². The summed E-state index contributed by atoms with van der Waals surface area (Å²) in [4.78, 5) is 8.49. The van der Waals surface area contributed by atoms with Crippen molar-refractivity contribution in [2.75, 3.05) is 6.54 Å². The van der Waals surface area contributed by atoms with E-state index in [1.165, 1.54) is 16.0 Å². The predicted octanol–water partition coefficient (Wildman–Crippen LogP) is 4.73. The molecule has 2 aromatic heterocycles. The predicted molar refractivity (Wildman–Crippen MR) is 105 cm³/mol. The van der Waals surface area contributed by atoms with Crippen molar-refractivity contribution in [2.45, 2.75) is 38.9 Å². The topological polar surface area (TPSA) is 36.9 Å². The van der Waals surface area contributed by atoms with Gasteiger partial charge in [-0.05, 0) is 41.2 Å². The zero-order valence-electron chi connectivity index (χ0n) is 14.5. The zero-order chi connectivity index (χ0) is 17.4. The molecule has 1 aliphatic rings. The lowest BCUT2D eigenvalue weighted by Crippen LogP contribution is -2.37. The number of aromatic nitrogens is 3. The van der Waals surface area contributed by atoms with Crippen molar-refractivity contribution < 1.29 is 0 Å². The van der Waals surface area contributed by atoms with Gasteiger partial charge in [0.15, 0.2) is 0 Å². The summed E-state index contributed by atoms with van der Waals surface area (Å²) >= 11 is 7.34. The van der Waals surface area contributed by atoms with E-state index in [4.69, 9.17) is 12.2 Å². The van der Waals surface area contributed by atoms with E-state index in [9.17, 15) is 0 Å². The van der Waals surface area contributed by atoms with Crippen LogP contribution < -0.4 is 0 Å². The van der Waals surface area contributed by atoms with Gasteiger partial charge in [-0.25, -0.2) is 9.67 Å². The molecular formula is C19H22N4S2. The van der Waals surface area contributed by atoms with Gasteiger partial charge >= 0.3 is 0 Å². The Kier molecular flexibility index (Phi) is 4.58. The fourth-order valence-electron chi connectivity index (χ4n) is 3.46. The summed E-state index contributed by atoms with van der Waals surface area (Å²) in [6.45, 7) is 6.00. The first-order chi connectivity index (χ1) is 12.1. The Labute approximate surface area is 157 Å². The number of nitrogens with one attached hydrogen (secondary N) is 1. The van der Waals surface area contributed by atoms with Crippen molar-refractivity contribution in [1.29, 1.82) is 0 Å². The van der Waals surface area contributed by atoms with Crippen LogP contribution in [-0.2, 0) is 13.1 Å². The third-order valence-corrected chi connectivity index (χ3v) is 6.06. The lowest BCUT2D eigenvalue weighted by Gasteiger charge is -2.36. The summed E-state index contributed by atoms with van der Waals surface area (Å²) < 4.78 is 2.63. The Hall–Kier alpha value is -1.76. The third kappa shape index (κ3) is 3.21. The molecule has 1 N–H and O–H groups in total. The highest BCUT2D eigenvalue weighted by molar-refractivity contribution is 7.71. The van der Waals surface area contributed by atoms with Gasteiger partial charge in [0, 0.05) is 17.3 Å². The molecule has 0 radical (unpaired) electrons. The maximum absolute atomic E-state index is 5.47. The number of H-pyrrole nitrogens is 1. The van der Waals surface area contributed by atoms with Crippen LogP contribution in [-0.4, -0.2) is 26.2 Å². The number of hydrogen-bond donors (Lipinski definition) is 1. The Morgan fingerprint density at radius 1 is 1.28 bits per heavy atom. The van der Waals surface area contributed by atoms with E-state index in [0.29, 0.717) is 10.7 Å². The van der Waals surface area contributed by atoms with Gasteiger partial charge in [-0.2, -0.15) is 0 Å². The molecule has 4 nitrogen and oxygen atoms in total. The molecule has 1 aliphatic heterocycles. The number of rotatable bonds is 4. The molecule has 0 saturated heterocycles. The average molecular weight is 371 g/mol. The molecule has 3 aromatic rings. The van der Waals surface area contributed by atoms with Gasteiger partial charge in [-0.3, -0.25) is 10.00 Å². The first-order valence-corrected chi connectivity index (χ1v) is 9.94. The lowest BCUT2D eigenvalue weighted by molar-refractivity contribution is 0.156. The van der Waals surface area contributed by atoms with Crippen LogP contribution in [0.25, 0.3) is 0 Å². The molecule has 25 heavy (non-hydrogen) atoms. The van der Waals surface area contributed by atoms with Gasteiger partial charge in [-0.1, -0.05) is 44.2 Å². The van der Waals surface area contributed by atoms with Gasteiger partial charge in [-0.15, -0.1) is 11.3 Å². The molecule has 0 spiro atoms. The number of hydrogen-bond acceptors (Lipinski definition) is 4. The summed E-state index contributed by atoms with van der Waals surface area (Å²) in [5, 5.41) is 5.59. The van der Waals surface area contributed by atoms with Crippen LogP contribution in [0.3, 0.4) is 0 Å². The molecule has 4 rings (SSSR count). The Morgan fingerprint density at radius 2 is 2.08 bits per heavy atom. The molecule has 0 fully saturated rings. The van der Waals surface area contributed by atoms with Crippen molar-refractivity contribution in [3.05, 3.63) is 68.4 Å². The maximum atomic E-state index is 5.47. The second kappa shape index (κ2) is 6.86. The van der Waals surface area contributed by atoms with Gasteiger partial charge in [0.05, 0.1) is 12.7 Å². The zero-order valence-corrected chi connectivity index (χ0v) is 16.1. The quantitative estimate of drug-likeness (QED) is 0.675. The van der Waals surface area contributed by atoms with Crippen LogP contribution in [0.4, 0.5) is 0 Å². The molecule has 1 atom stereocenters. The van der Waals surface area contributed by atoms with E-state index in [1.807, 2.05) is 16.0 Å². The largest absolute Gasteiger partial charge is 0.282 e. The number of thiophene rings is 1. The van der Waals surface area contributed by atoms with Crippen LogP contribution in [0, 0.1) is 4.77 Å². The van der Waals surface area contributed by atoms with Crippen molar-refractivity contribution >= 4 is 23.6 Å². The molecule has 0 aliphatic carbocycles. The summed E-state index contributed by atoms with van der Waals surface area (Å²) in [7, 11) is 0. The van der Waals surface area contributed by atoms with Crippen molar-refractivity contribution in [2.24, 2.45) is 0 Å². The first kappa shape index (κ1) is 16.7. The smallest absolute Gasteiger partial charge is 0.217 e. The Morgan fingerprint density at radius 3 is 2.80 bits per heavy atom. The van der Waals surface area contributed by atoms with Crippen LogP contribution in [0.5, 0.6) is 0 Å². The molecule has 0 saturated carbocycles. The van der Waals surface area contributed by atoms with Crippen molar-refractivity contribution in [1.82, 2.24) is 19.7 Å². The van der Waals surface area contributed by atoms with E-state index < -0.39 is 0 Å². The Balaban J connectivity index is 1.70. The molecular weight excluding hydrogens is 348 g/mol. The number of nitrogens with zero attached hydrogens (tertiary/aromatic N) is 3. The highest BCUT2D eigenvalue weighted by Crippen LogP contribution is 2.37. The lowest BCUT2D eigenvalue weighted by atomic mass is 9.94. The first-order valence-electron chi connectivity index (χ1n) is 8.65. The fraction of sp³-hybridized carbons (Fsp3) is 0.368. The summed E-state index contributed by atoms with van der Waals surface area (Å²) in [6, 6.07) is 13.3. The monoisotopic (exact) mass is 370 g/mol. The summed E-state index contributed by atoms with van der Waals surface area (Å²) in [5.41, 5.74) is 2.76. The molecule has 6 heteroatoms. The maximum Gasteiger partial charge on any atom is 0.217 e. The summed E-state index contributed by atoms with van der Waals surface area (Å²) in [6.07, 6.45) is 1.09. The standard InChI is InChI=1S/C19H22N4S2/c1-13(2)18-20-19(24)23(21-18)12-22-10-8-16-15(9-11-25-16)17(22)14-6-4-3-5-7-14/h3-7,9,11,13,17H,8,10,12H2,1-2H3,(H,20,21,24)/t17-/m0/s1. The van der Waals surface area contributed by atoms with Gasteiger partial charge < -0.3 is 0 Å².